The molecule has 2 heterocycles. The second kappa shape index (κ2) is 5.00. The lowest BCUT2D eigenvalue weighted by Gasteiger charge is -2.13. The molecule has 1 aromatic carbocycles. The van der Waals surface area contributed by atoms with Gasteiger partial charge >= 0.3 is 0 Å². The number of aromatic nitrogens is 2. The summed E-state index contributed by atoms with van der Waals surface area (Å²) in [6.45, 7) is 0. The average molecular weight is 306 g/mol. The molecule has 0 bridgehead atoms. The number of benzene rings is 1. The molecule has 0 saturated carbocycles. The summed E-state index contributed by atoms with van der Waals surface area (Å²) in [6.07, 6.45) is 2.52. The number of aryl methyl sites for hydroxylation is 1. The molecule has 2 aromatic heterocycles. The Bertz CT molecular complexity index is 884. The molecule has 4 nitrogen and oxygen atoms in total. The first kappa shape index (κ1) is 13.1. The van der Waals surface area contributed by atoms with Gasteiger partial charge in [0.25, 0.3) is 0 Å². The number of nitrogens with two attached hydrogens (primary N) is 1. The molecular weight excluding hydrogens is 292 g/mol. The second-order valence-corrected chi connectivity index (χ2v) is 6.50. The number of anilines is 1. The predicted octanol–water partition coefficient (Wildman–Crippen LogP) is 3.28. The molecule has 1 aliphatic carbocycles. The van der Waals surface area contributed by atoms with Crippen LogP contribution in [0.3, 0.4) is 0 Å². The lowest BCUT2D eigenvalue weighted by atomic mass is 9.91. The molecule has 3 aromatic rings. The third-order valence-electron chi connectivity index (χ3n) is 4.13. The largest absolute Gasteiger partial charge is 0.389 e. The van der Waals surface area contributed by atoms with Crippen molar-refractivity contribution in [2.24, 2.45) is 0 Å². The summed E-state index contributed by atoms with van der Waals surface area (Å²) in [5.74, 6) is 0. The van der Waals surface area contributed by atoms with Gasteiger partial charge in [-0.15, -0.1) is 11.3 Å². The first-order valence-electron chi connectivity index (χ1n) is 7.19. The van der Waals surface area contributed by atoms with Crippen molar-refractivity contribution >= 4 is 16.3 Å². The van der Waals surface area contributed by atoms with Crippen molar-refractivity contribution in [3.8, 4) is 16.5 Å². The Balaban J connectivity index is 1.83. The maximum atomic E-state index is 9.32. The minimum absolute atomic E-state index is 0.618. The molecule has 5 heteroatoms. The molecular formula is C17H14N4S. The van der Waals surface area contributed by atoms with E-state index in [-0.39, 0.29) is 0 Å². The van der Waals surface area contributed by atoms with Gasteiger partial charge in [-0.3, -0.25) is 5.10 Å². The number of rotatable bonds is 2. The number of aromatic amines is 1. The standard InChI is InChI=1S/C17H14N4S/c18-9-12-11-6-7-13-15(16(11)22-17(12)19)14(21-20-13)8-10-4-2-1-3-5-10/h1-5H,6-8,19H2,(H,20,21). The zero-order chi connectivity index (χ0) is 15.1. The van der Waals surface area contributed by atoms with E-state index in [0.717, 1.165) is 46.7 Å². The van der Waals surface area contributed by atoms with Gasteiger partial charge in [0.1, 0.15) is 11.1 Å². The summed E-state index contributed by atoms with van der Waals surface area (Å²) < 4.78 is 0. The molecule has 3 N–H and O–H groups in total. The van der Waals surface area contributed by atoms with Gasteiger partial charge in [0.15, 0.2) is 0 Å². The van der Waals surface area contributed by atoms with Crippen molar-refractivity contribution in [1.29, 1.82) is 5.26 Å². The normalized spacial score (nSPS) is 12.5. The fraction of sp³-hybridized carbons (Fsp3) is 0.176. The van der Waals surface area contributed by atoms with Crippen molar-refractivity contribution in [3.63, 3.8) is 0 Å². The molecule has 108 valence electrons. The Hall–Kier alpha value is -2.58. The van der Waals surface area contributed by atoms with Crippen LogP contribution in [0.2, 0.25) is 0 Å². The maximum absolute atomic E-state index is 9.32. The summed E-state index contributed by atoms with van der Waals surface area (Å²) >= 11 is 1.51. The van der Waals surface area contributed by atoms with E-state index in [2.05, 4.69) is 28.4 Å². The summed E-state index contributed by atoms with van der Waals surface area (Å²) in [7, 11) is 0. The van der Waals surface area contributed by atoms with Gasteiger partial charge < -0.3 is 5.73 Å². The summed E-state index contributed by atoms with van der Waals surface area (Å²) in [4.78, 5) is 1.12. The molecule has 0 unspecified atom stereocenters. The highest BCUT2D eigenvalue weighted by Crippen LogP contribution is 2.44. The number of fused-ring (bicyclic) bond motifs is 3. The fourth-order valence-corrected chi connectivity index (χ4v) is 4.25. The third kappa shape index (κ3) is 1.92. The summed E-state index contributed by atoms with van der Waals surface area (Å²) in [5, 5.41) is 17.6. The molecule has 4 rings (SSSR count). The zero-order valence-corrected chi connectivity index (χ0v) is 12.7. The zero-order valence-electron chi connectivity index (χ0n) is 11.9. The molecule has 22 heavy (non-hydrogen) atoms. The minimum atomic E-state index is 0.618. The topological polar surface area (TPSA) is 78.5 Å². The lowest BCUT2D eigenvalue weighted by molar-refractivity contribution is 0.880. The number of thiophene rings is 1. The van der Waals surface area contributed by atoms with Gasteiger partial charge in [-0.25, -0.2) is 0 Å². The number of nitriles is 1. The molecule has 0 radical (unpaired) electrons. The van der Waals surface area contributed by atoms with Crippen LogP contribution in [0.5, 0.6) is 0 Å². The number of nitrogens with one attached hydrogen (secondary N) is 1. The first-order valence-corrected chi connectivity index (χ1v) is 8.01. The van der Waals surface area contributed by atoms with Crippen LogP contribution in [0.1, 0.15) is 28.1 Å². The van der Waals surface area contributed by atoms with Gasteiger partial charge in [-0.2, -0.15) is 10.4 Å². The van der Waals surface area contributed by atoms with Crippen LogP contribution >= 0.6 is 11.3 Å². The Morgan fingerprint density at radius 3 is 2.86 bits per heavy atom. The van der Waals surface area contributed by atoms with Crippen LogP contribution in [0.4, 0.5) is 5.00 Å². The van der Waals surface area contributed by atoms with Crippen molar-refractivity contribution in [1.82, 2.24) is 10.2 Å². The van der Waals surface area contributed by atoms with Crippen LogP contribution in [0.25, 0.3) is 10.4 Å². The molecule has 0 amide bonds. The number of nitrogen functional groups attached to an aromatic ring is 1. The summed E-state index contributed by atoms with van der Waals surface area (Å²) in [5.41, 5.74) is 12.3. The summed E-state index contributed by atoms with van der Waals surface area (Å²) in [6, 6.07) is 12.6. The number of hydrogen-bond acceptors (Lipinski definition) is 4. The van der Waals surface area contributed by atoms with E-state index < -0.39 is 0 Å². The molecule has 0 spiro atoms. The fourth-order valence-electron chi connectivity index (χ4n) is 3.08. The minimum Gasteiger partial charge on any atom is -0.389 e. The van der Waals surface area contributed by atoms with E-state index in [1.165, 1.54) is 16.9 Å². The highest BCUT2D eigenvalue weighted by Gasteiger charge is 2.27. The van der Waals surface area contributed by atoms with Gasteiger partial charge in [0, 0.05) is 22.6 Å². The van der Waals surface area contributed by atoms with Gasteiger partial charge in [0.2, 0.25) is 0 Å². The van der Waals surface area contributed by atoms with E-state index in [1.807, 2.05) is 18.2 Å². The highest BCUT2D eigenvalue weighted by molar-refractivity contribution is 7.19. The Morgan fingerprint density at radius 1 is 1.27 bits per heavy atom. The van der Waals surface area contributed by atoms with E-state index in [1.54, 1.807) is 0 Å². The van der Waals surface area contributed by atoms with Crippen molar-refractivity contribution in [2.45, 2.75) is 19.3 Å². The number of nitrogens with zero attached hydrogens (tertiary/aromatic N) is 2. The molecule has 0 saturated heterocycles. The second-order valence-electron chi connectivity index (χ2n) is 5.45. The van der Waals surface area contributed by atoms with Gasteiger partial charge in [-0.05, 0) is 24.0 Å². The highest BCUT2D eigenvalue weighted by atomic mass is 32.1. The van der Waals surface area contributed by atoms with E-state index in [9.17, 15) is 5.26 Å². The van der Waals surface area contributed by atoms with Crippen LogP contribution in [-0.4, -0.2) is 10.2 Å². The van der Waals surface area contributed by atoms with Crippen LogP contribution in [-0.2, 0) is 19.3 Å². The number of hydrogen-bond donors (Lipinski definition) is 2. The SMILES string of the molecule is N#Cc1c(N)sc2c1CCc1[nH]nc(Cc3ccccc3)c1-2. The van der Waals surface area contributed by atoms with Crippen molar-refractivity contribution < 1.29 is 0 Å². The van der Waals surface area contributed by atoms with Crippen LogP contribution < -0.4 is 5.73 Å². The van der Waals surface area contributed by atoms with E-state index in [4.69, 9.17) is 5.73 Å². The Morgan fingerprint density at radius 2 is 2.09 bits per heavy atom. The first-order chi connectivity index (χ1) is 10.8. The lowest BCUT2D eigenvalue weighted by Crippen LogP contribution is -2.03. The molecule has 1 aliphatic rings. The van der Waals surface area contributed by atoms with Gasteiger partial charge in [-0.1, -0.05) is 30.3 Å². The van der Waals surface area contributed by atoms with Crippen LogP contribution in [0, 0.1) is 11.3 Å². The number of H-pyrrole nitrogens is 1. The van der Waals surface area contributed by atoms with Crippen molar-refractivity contribution in [2.75, 3.05) is 5.73 Å². The maximum Gasteiger partial charge on any atom is 0.105 e. The third-order valence-corrected chi connectivity index (χ3v) is 5.21. The van der Waals surface area contributed by atoms with E-state index in [0.29, 0.717) is 10.6 Å². The van der Waals surface area contributed by atoms with E-state index >= 15 is 0 Å². The van der Waals surface area contributed by atoms with Gasteiger partial charge in [0.05, 0.1) is 11.3 Å². The van der Waals surface area contributed by atoms with Crippen molar-refractivity contribution in [3.05, 3.63) is 58.4 Å². The Labute approximate surface area is 132 Å². The molecule has 0 fully saturated rings. The average Bonchev–Trinajstić information content (AvgIpc) is 3.08. The quantitative estimate of drug-likeness (QED) is 0.762. The monoisotopic (exact) mass is 306 g/mol. The van der Waals surface area contributed by atoms with Crippen LogP contribution in [0.15, 0.2) is 30.3 Å². The smallest absolute Gasteiger partial charge is 0.105 e. The molecule has 0 atom stereocenters. The molecule has 0 aliphatic heterocycles. The predicted molar refractivity (Wildman–Crippen MR) is 87.7 cm³/mol. The Kier molecular flexibility index (Phi) is 2.98.